The smallest absolute Gasteiger partial charge is 0.305 e. The fraction of sp³-hybridized carbons (Fsp3) is 0.476. The van der Waals surface area contributed by atoms with Crippen LogP contribution in [0.25, 0.3) is 0 Å². The molecule has 0 spiro atoms. The number of nitrogens with zero attached hydrogens (tertiary/aromatic N) is 1. The van der Waals surface area contributed by atoms with Gasteiger partial charge in [0.15, 0.2) is 0 Å². The Balaban J connectivity index is 1.42. The lowest BCUT2D eigenvalue weighted by atomic mass is 9.64. The predicted molar refractivity (Wildman–Crippen MR) is 109 cm³/mol. The lowest BCUT2D eigenvalue weighted by Crippen LogP contribution is -2.48. The van der Waals surface area contributed by atoms with Gasteiger partial charge in [0, 0.05) is 15.5 Å². The van der Waals surface area contributed by atoms with Gasteiger partial charge in [0.2, 0.25) is 11.8 Å². The molecule has 6 atom stereocenters. The zero-order chi connectivity index (χ0) is 20.2. The number of carbonyl (C=O) groups is 2. The van der Waals surface area contributed by atoms with E-state index in [0.717, 1.165) is 16.3 Å². The van der Waals surface area contributed by atoms with Crippen LogP contribution >= 0.6 is 23.1 Å². The Hall–Kier alpha value is -1.93. The number of carbonyl (C=O) groups excluding carboxylic acids is 2. The summed E-state index contributed by atoms with van der Waals surface area (Å²) in [6.07, 6.45) is 0.884. The lowest BCUT2D eigenvalue weighted by molar-refractivity contribution is -0.123. The minimum atomic E-state index is -0.391. The molecule has 4 aliphatic rings. The van der Waals surface area contributed by atoms with E-state index in [1.54, 1.807) is 11.8 Å². The van der Waals surface area contributed by atoms with Crippen LogP contribution in [0.2, 0.25) is 0 Å². The Morgan fingerprint density at radius 3 is 2.41 bits per heavy atom. The number of thiazole rings is 1. The van der Waals surface area contributed by atoms with Gasteiger partial charge >= 0.3 is 4.87 Å². The Kier molecular flexibility index (Phi) is 3.46. The van der Waals surface area contributed by atoms with Crippen molar-refractivity contribution in [2.75, 3.05) is 4.90 Å². The topological polar surface area (TPSA) is 70.2 Å². The first-order chi connectivity index (χ1) is 13.8. The van der Waals surface area contributed by atoms with Gasteiger partial charge in [-0.1, -0.05) is 25.2 Å². The van der Waals surface area contributed by atoms with Crippen molar-refractivity contribution in [1.82, 2.24) is 4.98 Å². The highest BCUT2D eigenvalue weighted by atomic mass is 32.2. The molecule has 2 saturated carbocycles. The van der Waals surface area contributed by atoms with Gasteiger partial charge in [-0.05, 0) is 48.4 Å². The summed E-state index contributed by atoms with van der Waals surface area (Å²) in [5.41, 5.74) is 0.236. The number of anilines is 1. The van der Waals surface area contributed by atoms with Crippen molar-refractivity contribution in [2.24, 2.45) is 29.6 Å². The molecule has 150 valence electrons. The highest BCUT2D eigenvalue weighted by Crippen LogP contribution is 2.69. The Morgan fingerprint density at radius 2 is 1.72 bits per heavy atom. The van der Waals surface area contributed by atoms with E-state index >= 15 is 0 Å². The van der Waals surface area contributed by atoms with Crippen LogP contribution in [0.1, 0.15) is 25.1 Å². The number of aromatic amines is 1. The number of H-pyrrole nitrogens is 1. The maximum Gasteiger partial charge on any atom is 0.305 e. The molecule has 8 heteroatoms. The Morgan fingerprint density at radius 1 is 1.07 bits per heavy atom. The molecule has 0 radical (unpaired) electrons. The number of thioether (sulfide) groups is 1. The van der Waals surface area contributed by atoms with E-state index in [2.05, 4.69) is 18.8 Å². The molecule has 1 aromatic carbocycles. The van der Waals surface area contributed by atoms with Crippen molar-refractivity contribution in [3.05, 3.63) is 44.6 Å². The zero-order valence-corrected chi connectivity index (χ0v) is 17.5. The van der Waals surface area contributed by atoms with Gasteiger partial charge in [-0.15, -0.1) is 11.8 Å². The molecule has 6 rings (SSSR count). The second-order valence-electron chi connectivity index (χ2n) is 9.11. The first-order valence-corrected chi connectivity index (χ1v) is 11.5. The first-order valence-electron chi connectivity index (χ1n) is 9.82. The number of imide groups is 1. The quantitative estimate of drug-likeness (QED) is 0.704. The van der Waals surface area contributed by atoms with Crippen LogP contribution in [0.4, 0.5) is 10.1 Å². The van der Waals surface area contributed by atoms with Crippen molar-refractivity contribution in [3.8, 4) is 0 Å². The van der Waals surface area contributed by atoms with E-state index in [9.17, 15) is 18.8 Å². The Labute approximate surface area is 174 Å². The van der Waals surface area contributed by atoms with Crippen molar-refractivity contribution in [3.63, 3.8) is 0 Å². The molecule has 1 aromatic heterocycles. The van der Waals surface area contributed by atoms with Crippen molar-refractivity contribution < 1.29 is 14.0 Å². The number of amides is 2. The minimum Gasteiger partial charge on any atom is -0.307 e. The number of hydrogen-bond donors (Lipinski definition) is 1. The van der Waals surface area contributed by atoms with Crippen LogP contribution in [-0.4, -0.2) is 22.0 Å². The molecule has 3 fully saturated rings. The summed E-state index contributed by atoms with van der Waals surface area (Å²) in [6, 6.07) is 5.57. The largest absolute Gasteiger partial charge is 0.307 e. The first kappa shape index (κ1) is 17.9. The number of rotatable bonds is 1. The fourth-order valence-electron chi connectivity index (χ4n) is 6.50. The van der Waals surface area contributed by atoms with Crippen LogP contribution in [0.5, 0.6) is 0 Å². The molecule has 1 saturated heterocycles. The second-order valence-corrected chi connectivity index (χ2v) is 11.3. The summed E-state index contributed by atoms with van der Waals surface area (Å²) in [7, 11) is 0. The van der Waals surface area contributed by atoms with Crippen molar-refractivity contribution in [1.29, 1.82) is 0 Å². The molecule has 2 amide bonds. The molecule has 2 aliphatic carbocycles. The number of hydrogen-bond acceptors (Lipinski definition) is 5. The lowest BCUT2D eigenvalue weighted by Gasteiger charge is -2.47. The molecule has 4 unspecified atom stereocenters. The van der Waals surface area contributed by atoms with Crippen LogP contribution in [0, 0.1) is 35.4 Å². The highest BCUT2D eigenvalue weighted by molar-refractivity contribution is 8.00. The summed E-state index contributed by atoms with van der Waals surface area (Å²) in [5.74, 6) is -0.806. The maximum absolute atomic E-state index is 13.4. The van der Waals surface area contributed by atoms with Gasteiger partial charge in [0.05, 0.1) is 22.5 Å². The van der Waals surface area contributed by atoms with Gasteiger partial charge < -0.3 is 4.98 Å². The number of nitrogens with one attached hydrogen (secondary N) is 1. The van der Waals surface area contributed by atoms with Gasteiger partial charge in [-0.25, -0.2) is 4.39 Å². The SMILES string of the molecule is CC1(C)c2sc(=O)[nH]c2SC2C1[C@H]1C[C@@H]2C2C(=O)N(c3ccc(F)cc3)C(=O)C21. The van der Waals surface area contributed by atoms with Gasteiger partial charge in [-0.3, -0.25) is 19.3 Å². The maximum atomic E-state index is 13.4. The third kappa shape index (κ3) is 2.14. The molecule has 1 N–H and O–H groups in total. The molecular formula is C21H19FN2O3S2. The summed E-state index contributed by atoms with van der Waals surface area (Å²) >= 11 is 2.96. The van der Waals surface area contributed by atoms with Crippen molar-refractivity contribution in [2.45, 2.75) is 36.0 Å². The number of halogens is 1. The molecule has 2 bridgehead atoms. The fourth-order valence-corrected chi connectivity index (χ4v) is 9.65. The van der Waals surface area contributed by atoms with Crippen LogP contribution in [0.15, 0.2) is 34.1 Å². The van der Waals surface area contributed by atoms with E-state index in [1.807, 2.05) is 0 Å². The highest BCUT2D eigenvalue weighted by Gasteiger charge is 2.70. The molecule has 2 aromatic rings. The van der Waals surface area contributed by atoms with E-state index in [-0.39, 0.29) is 56.9 Å². The average Bonchev–Trinajstić information content (AvgIpc) is 3.38. The van der Waals surface area contributed by atoms with Gasteiger partial charge in [0.1, 0.15) is 5.82 Å². The summed E-state index contributed by atoms with van der Waals surface area (Å²) in [5, 5.41) is 1.15. The minimum absolute atomic E-state index is 0.0438. The predicted octanol–water partition coefficient (Wildman–Crippen LogP) is 3.40. The second kappa shape index (κ2) is 5.60. The van der Waals surface area contributed by atoms with Gasteiger partial charge in [-0.2, -0.15) is 0 Å². The van der Waals surface area contributed by atoms with E-state index in [0.29, 0.717) is 5.69 Å². The standard InChI is InChI=1S/C21H19FN2O3S2/c1-21(2)14-10-7-11(15(14)28-17-16(21)29-20(27)23-17)13-12(10)18(25)24(19(13)26)9-5-3-8(22)4-6-9/h3-6,10-15H,7H2,1-2H3,(H,23,27)/t10-,11+,12?,13?,14?,15?/m0/s1. The summed E-state index contributed by atoms with van der Waals surface area (Å²) in [4.78, 5) is 43.9. The molecule has 2 aliphatic heterocycles. The van der Waals surface area contributed by atoms with E-state index < -0.39 is 5.82 Å². The van der Waals surface area contributed by atoms with Crippen LogP contribution < -0.4 is 9.77 Å². The molecule has 3 heterocycles. The Bertz CT molecular complexity index is 1120. The third-order valence-electron chi connectivity index (χ3n) is 7.48. The summed E-state index contributed by atoms with van der Waals surface area (Å²) in [6.45, 7) is 4.34. The van der Waals surface area contributed by atoms with Crippen molar-refractivity contribution >= 4 is 40.6 Å². The monoisotopic (exact) mass is 430 g/mol. The van der Waals surface area contributed by atoms with E-state index in [4.69, 9.17) is 0 Å². The molecular weight excluding hydrogens is 411 g/mol. The van der Waals surface area contributed by atoms with E-state index in [1.165, 1.54) is 40.5 Å². The normalized spacial score (nSPS) is 36.3. The number of benzene rings is 1. The number of fused-ring (bicyclic) bond motifs is 9. The van der Waals surface area contributed by atoms with Crippen LogP contribution in [0.3, 0.4) is 0 Å². The van der Waals surface area contributed by atoms with Gasteiger partial charge in [0.25, 0.3) is 0 Å². The zero-order valence-electron chi connectivity index (χ0n) is 15.8. The average molecular weight is 431 g/mol. The molecule has 5 nitrogen and oxygen atoms in total. The van der Waals surface area contributed by atoms with Crippen LogP contribution in [-0.2, 0) is 15.0 Å². The third-order valence-corrected chi connectivity index (χ3v) is 10.3. The molecule has 29 heavy (non-hydrogen) atoms. The summed E-state index contributed by atoms with van der Waals surface area (Å²) < 4.78 is 13.3. The number of aromatic nitrogens is 1.